The summed E-state index contributed by atoms with van der Waals surface area (Å²) in [5.41, 5.74) is 5.41. The summed E-state index contributed by atoms with van der Waals surface area (Å²) in [5.74, 6) is 0.788. The first-order valence-electron chi connectivity index (χ1n) is 6.37. The molecule has 15 heavy (non-hydrogen) atoms. The third kappa shape index (κ3) is 5.50. The average Bonchev–Trinajstić information content (AvgIpc) is 2.27. The molecule has 0 amide bonds. The van der Waals surface area contributed by atoms with Crippen LogP contribution in [0.4, 0.5) is 0 Å². The van der Waals surface area contributed by atoms with Gasteiger partial charge in [0.15, 0.2) is 0 Å². The summed E-state index contributed by atoms with van der Waals surface area (Å²) in [6.07, 6.45) is 4.89. The summed E-state index contributed by atoms with van der Waals surface area (Å²) in [7, 11) is 0. The summed E-state index contributed by atoms with van der Waals surface area (Å²) in [6, 6.07) is 0. The van der Waals surface area contributed by atoms with Gasteiger partial charge in [-0.15, -0.1) is 0 Å². The zero-order valence-corrected chi connectivity index (χ0v) is 10.1. The van der Waals surface area contributed by atoms with Crippen molar-refractivity contribution in [3.05, 3.63) is 0 Å². The summed E-state index contributed by atoms with van der Waals surface area (Å²) in [5, 5.41) is 0. The molecule has 1 aliphatic rings. The molecule has 0 aromatic rings. The van der Waals surface area contributed by atoms with Gasteiger partial charge in [-0.05, 0) is 57.8 Å². The van der Waals surface area contributed by atoms with E-state index in [0.29, 0.717) is 0 Å². The number of nitrogens with zero attached hydrogens (tertiary/aromatic N) is 1. The maximum atomic E-state index is 5.61. The Balaban J connectivity index is 1.99. The summed E-state index contributed by atoms with van der Waals surface area (Å²) in [4.78, 5) is 2.57. The van der Waals surface area contributed by atoms with Gasteiger partial charge < -0.3 is 15.4 Å². The minimum atomic E-state index is 0.745. The lowest BCUT2D eigenvalue weighted by molar-refractivity contribution is 0.0666. The number of ether oxygens (including phenoxy) is 1. The van der Waals surface area contributed by atoms with E-state index in [9.17, 15) is 0 Å². The molecule has 1 saturated heterocycles. The highest BCUT2D eigenvalue weighted by Crippen LogP contribution is 2.17. The molecule has 1 fully saturated rings. The fourth-order valence-corrected chi connectivity index (χ4v) is 2.13. The largest absolute Gasteiger partial charge is 0.381 e. The summed E-state index contributed by atoms with van der Waals surface area (Å²) in [6.45, 7) is 8.57. The Labute approximate surface area is 94.0 Å². The SMILES string of the molecule is CCCN1CCC(COCCCN)CC1. The van der Waals surface area contributed by atoms with Gasteiger partial charge in [-0.2, -0.15) is 0 Å². The molecule has 0 saturated carbocycles. The van der Waals surface area contributed by atoms with Crippen LogP contribution in [-0.4, -0.2) is 44.3 Å². The van der Waals surface area contributed by atoms with E-state index in [1.807, 2.05) is 0 Å². The third-order valence-electron chi connectivity index (χ3n) is 3.09. The molecule has 0 aromatic heterocycles. The van der Waals surface area contributed by atoms with Crippen LogP contribution in [0.25, 0.3) is 0 Å². The van der Waals surface area contributed by atoms with Gasteiger partial charge in [0.2, 0.25) is 0 Å². The number of likely N-dealkylation sites (tertiary alicyclic amines) is 1. The first kappa shape index (κ1) is 12.9. The van der Waals surface area contributed by atoms with E-state index < -0.39 is 0 Å². The maximum Gasteiger partial charge on any atom is 0.0495 e. The van der Waals surface area contributed by atoms with Gasteiger partial charge in [0.25, 0.3) is 0 Å². The van der Waals surface area contributed by atoms with Crippen LogP contribution >= 0.6 is 0 Å². The highest BCUT2D eigenvalue weighted by Gasteiger charge is 2.18. The molecule has 0 unspecified atom stereocenters. The molecular weight excluding hydrogens is 188 g/mol. The zero-order chi connectivity index (χ0) is 10.9. The van der Waals surface area contributed by atoms with Gasteiger partial charge in [-0.25, -0.2) is 0 Å². The molecule has 2 N–H and O–H groups in total. The van der Waals surface area contributed by atoms with Crippen LogP contribution in [0, 0.1) is 5.92 Å². The Hall–Kier alpha value is -0.120. The van der Waals surface area contributed by atoms with Crippen LogP contribution in [0.1, 0.15) is 32.6 Å². The molecule has 90 valence electrons. The smallest absolute Gasteiger partial charge is 0.0495 e. The van der Waals surface area contributed by atoms with Gasteiger partial charge in [-0.1, -0.05) is 6.92 Å². The van der Waals surface area contributed by atoms with Crippen molar-refractivity contribution in [1.29, 1.82) is 0 Å². The average molecular weight is 214 g/mol. The standard InChI is InChI=1S/C12H26N2O/c1-2-7-14-8-4-12(5-9-14)11-15-10-3-6-13/h12H,2-11,13H2,1H3. The fraction of sp³-hybridized carbons (Fsp3) is 1.00. The first-order valence-corrected chi connectivity index (χ1v) is 6.37. The first-order chi connectivity index (χ1) is 7.36. The summed E-state index contributed by atoms with van der Waals surface area (Å²) < 4.78 is 5.61. The molecule has 0 atom stereocenters. The van der Waals surface area contributed by atoms with Crippen molar-refractivity contribution >= 4 is 0 Å². The molecule has 0 aliphatic carbocycles. The molecule has 1 heterocycles. The molecule has 3 heteroatoms. The minimum Gasteiger partial charge on any atom is -0.381 e. The van der Waals surface area contributed by atoms with Crippen LogP contribution in [0.2, 0.25) is 0 Å². The topological polar surface area (TPSA) is 38.5 Å². The van der Waals surface area contributed by atoms with Crippen LogP contribution in [0.5, 0.6) is 0 Å². The molecule has 0 aromatic carbocycles. The van der Waals surface area contributed by atoms with E-state index in [2.05, 4.69) is 11.8 Å². The zero-order valence-electron chi connectivity index (χ0n) is 10.1. The number of rotatable bonds is 7. The van der Waals surface area contributed by atoms with E-state index in [1.54, 1.807) is 0 Å². The normalized spacial score (nSPS) is 19.6. The van der Waals surface area contributed by atoms with Gasteiger partial charge >= 0.3 is 0 Å². The van der Waals surface area contributed by atoms with E-state index >= 15 is 0 Å². The van der Waals surface area contributed by atoms with Crippen molar-refractivity contribution in [3.8, 4) is 0 Å². The van der Waals surface area contributed by atoms with Crippen molar-refractivity contribution in [1.82, 2.24) is 4.90 Å². The molecular formula is C12H26N2O. The highest BCUT2D eigenvalue weighted by molar-refractivity contribution is 4.71. The van der Waals surface area contributed by atoms with Crippen LogP contribution < -0.4 is 5.73 Å². The number of hydrogen-bond donors (Lipinski definition) is 1. The Morgan fingerprint density at radius 1 is 1.33 bits per heavy atom. The van der Waals surface area contributed by atoms with Crippen LogP contribution in [0.15, 0.2) is 0 Å². The second-order valence-electron chi connectivity index (χ2n) is 4.50. The van der Waals surface area contributed by atoms with Crippen molar-refractivity contribution in [3.63, 3.8) is 0 Å². The molecule has 3 nitrogen and oxygen atoms in total. The van der Waals surface area contributed by atoms with Crippen molar-refractivity contribution in [2.75, 3.05) is 39.4 Å². The highest BCUT2D eigenvalue weighted by atomic mass is 16.5. The predicted molar refractivity (Wildman–Crippen MR) is 63.9 cm³/mol. The Morgan fingerprint density at radius 2 is 2.07 bits per heavy atom. The lowest BCUT2D eigenvalue weighted by Gasteiger charge is -2.31. The Morgan fingerprint density at radius 3 is 2.67 bits per heavy atom. The fourth-order valence-electron chi connectivity index (χ4n) is 2.13. The van der Waals surface area contributed by atoms with Crippen molar-refractivity contribution in [2.24, 2.45) is 11.7 Å². The second-order valence-corrected chi connectivity index (χ2v) is 4.50. The van der Waals surface area contributed by atoms with E-state index in [1.165, 1.54) is 38.9 Å². The van der Waals surface area contributed by atoms with Gasteiger partial charge in [0.1, 0.15) is 0 Å². The van der Waals surface area contributed by atoms with E-state index in [4.69, 9.17) is 10.5 Å². The number of hydrogen-bond acceptors (Lipinski definition) is 3. The van der Waals surface area contributed by atoms with E-state index in [-0.39, 0.29) is 0 Å². The molecule has 1 aliphatic heterocycles. The van der Waals surface area contributed by atoms with Crippen molar-refractivity contribution < 1.29 is 4.74 Å². The van der Waals surface area contributed by atoms with Crippen LogP contribution in [-0.2, 0) is 4.74 Å². The quantitative estimate of drug-likeness (QED) is 0.652. The monoisotopic (exact) mass is 214 g/mol. The predicted octanol–water partition coefficient (Wildman–Crippen LogP) is 1.47. The van der Waals surface area contributed by atoms with Gasteiger partial charge in [-0.3, -0.25) is 0 Å². The Bertz CT molecular complexity index is 142. The molecule has 1 rings (SSSR count). The minimum absolute atomic E-state index is 0.745. The number of nitrogens with two attached hydrogens (primary N) is 1. The van der Waals surface area contributed by atoms with Crippen LogP contribution in [0.3, 0.4) is 0 Å². The van der Waals surface area contributed by atoms with Gasteiger partial charge in [0.05, 0.1) is 0 Å². The molecule has 0 spiro atoms. The third-order valence-corrected chi connectivity index (χ3v) is 3.09. The molecule has 0 bridgehead atoms. The maximum absolute atomic E-state index is 5.61. The Kier molecular flexibility index (Phi) is 6.98. The van der Waals surface area contributed by atoms with E-state index in [0.717, 1.165) is 32.1 Å². The summed E-state index contributed by atoms with van der Waals surface area (Å²) >= 11 is 0. The van der Waals surface area contributed by atoms with Gasteiger partial charge in [0, 0.05) is 13.2 Å². The number of piperidine rings is 1. The lowest BCUT2D eigenvalue weighted by atomic mass is 9.98. The second kappa shape index (κ2) is 8.08. The molecule has 0 radical (unpaired) electrons. The lowest BCUT2D eigenvalue weighted by Crippen LogP contribution is -2.35. The van der Waals surface area contributed by atoms with Crippen molar-refractivity contribution in [2.45, 2.75) is 32.6 Å².